The molecule has 0 bridgehead atoms. The van der Waals surface area contributed by atoms with E-state index in [0.29, 0.717) is 6.54 Å². The summed E-state index contributed by atoms with van der Waals surface area (Å²) in [5, 5.41) is 23.5. The molecular weight excluding hydrogens is 234 g/mol. The van der Waals surface area contributed by atoms with E-state index in [1.165, 1.54) is 12.3 Å². The Kier molecular flexibility index (Phi) is 3.22. The number of hydrogen-bond donors (Lipinski definition) is 2. The molecular formula is C11H13N5O2. The summed E-state index contributed by atoms with van der Waals surface area (Å²) in [5.41, 5.74) is 2.11. The molecule has 2 rings (SSSR count). The van der Waals surface area contributed by atoms with Gasteiger partial charge < -0.3 is 10.4 Å². The molecule has 7 nitrogen and oxygen atoms in total. The summed E-state index contributed by atoms with van der Waals surface area (Å²) < 4.78 is 1.76. The molecule has 0 aliphatic carbocycles. The summed E-state index contributed by atoms with van der Waals surface area (Å²) >= 11 is 0. The van der Waals surface area contributed by atoms with Gasteiger partial charge in [-0.25, -0.2) is 4.79 Å². The van der Waals surface area contributed by atoms with Crippen LogP contribution in [0.2, 0.25) is 0 Å². The largest absolute Gasteiger partial charge is 0.478 e. The van der Waals surface area contributed by atoms with Crippen LogP contribution in [0.1, 0.15) is 21.6 Å². The molecule has 2 N–H and O–H groups in total. The molecule has 18 heavy (non-hydrogen) atoms. The molecule has 2 aromatic heterocycles. The number of carboxylic acid groups (broad SMARTS) is 1. The first kappa shape index (κ1) is 12.0. The van der Waals surface area contributed by atoms with Crippen molar-refractivity contribution >= 4 is 11.8 Å². The Bertz CT molecular complexity index is 579. The molecule has 94 valence electrons. The second kappa shape index (κ2) is 4.82. The van der Waals surface area contributed by atoms with Gasteiger partial charge in [0.2, 0.25) is 0 Å². The molecule has 0 saturated heterocycles. The van der Waals surface area contributed by atoms with Crippen LogP contribution in [0.15, 0.2) is 18.5 Å². The van der Waals surface area contributed by atoms with Crippen molar-refractivity contribution in [3.8, 4) is 0 Å². The third kappa shape index (κ3) is 2.29. The van der Waals surface area contributed by atoms with Crippen molar-refractivity contribution in [1.29, 1.82) is 0 Å². The Hall–Kier alpha value is -2.44. The van der Waals surface area contributed by atoms with Crippen LogP contribution in [0, 0.1) is 6.92 Å². The molecule has 0 radical (unpaired) electrons. The average Bonchev–Trinajstić information content (AvgIpc) is 2.68. The molecule has 0 aromatic carbocycles. The van der Waals surface area contributed by atoms with Gasteiger partial charge in [-0.15, -0.1) is 5.10 Å². The average molecular weight is 247 g/mol. The highest BCUT2D eigenvalue weighted by Gasteiger charge is 2.11. The summed E-state index contributed by atoms with van der Waals surface area (Å²) in [5.74, 6) is -0.774. The number of rotatable bonds is 4. The molecule has 0 atom stereocenters. The van der Waals surface area contributed by atoms with Crippen molar-refractivity contribution in [1.82, 2.24) is 20.0 Å². The van der Waals surface area contributed by atoms with E-state index in [4.69, 9.17) is 5.11 Å². The molecule has 0 aliphatic rings. The van der Waals surface area contributed by atoms with E-state index < -0.39 is 5.97 Å². The molecule has 7 heteroatoms. The van der Waals surface area contributed by atoms with E-state index in [-0.39, 0.29) is 11.4 Å². The lowest BCUT2D eigenvalue weighted by Gasteiger charge is -2.06. The lowest BCUT2D eigenvalue weighted by molar-refractivity contribution is 0.0697. The number of aryl methyl sites for hydroxylation is 1. The summed E-state index contributed by atoms with van der Waals surface area (Å²) in [6.45, 7) is 2.40. The van der Waals surface area contributed by atoms with E-state index in [2.05, 4.69) is 20.6 Å². The Morgan fingerprint density at radius 2 is 2.33 bits per heavy atom. The molecule has 2 aromatic rings. The quantitative estimate of drug-likeness (QED) is 0.831. The van der Waals surface area contributed by atoms with E-state index >= 15 is 0 Å². The fourth-order valence-corrected chi connectivity index (χ4v) is 1.53. The lowest BCUT2D eigenvalue weighted by atomic mass is 10.2. The number of anilines is 1. The summed E-state index contributed by atoms with van der Waals surface area (Å²) in [6.07, 6.45) is 3.09. The van der Waals surface area contributed by atoms with Crippen LogP contribution in [0.25, 0.3) is 0 Å². The van der Waals surface area contributed by atoms with Crippen LogP contribution in [-0.2, 0) is 13.6 Å². The highest BCUT2D eigenvalue weighted by molar-refractivity contribution is 5.92. The van der Waals surface area contributed by atoms with Crippen molar-refractivity contribution in [2.75, 3.05) is 5.32 Å². The zero-order valence-corrected chi connectivity index (χ0v) is 10.1. The number of carboxylic acids is 1. The molecule has 0 amide bonds. The van der Waals surface area contributed by atoms with Crippen LogP contribution in [-0.4, -0.2) is 31.1 Å². The molecule has 0 unspecified atom stereocenters. The smallest absolute Gasteiger partial charge is 0.339 e. The Morgan fingerprint density at radius 1 is 1.56 bits per heavy atom. The van der Waals surface area contributed by atoms with Gasteiger partial charge in [0, 0.05) is 24.8 Å². The first-order valence-corrected chi connectivity index (χ1v) is 5.36. The van der Waals surface area contributed by atoms with Gasteiger partial charge in [-0.2, -0.15) is 10.2 Å². The minimum atomic E-state index is -1.03. The van der Waals surface area contributed by atoms with E-state index in [0.717, 1.165) is 11.3 Å². The Morgan fingerprint density at radius 3 is 2.94 bits per heavy atom. The van der Waals surface area contributed by atoms with Gasteiger partial charge in [0.1, 0.15) is 5.56 Å². The van der Waals surface area contributed by atoms with E-state index in [1.54, 1.807) is 10.9 Å². The number of aromatic nitrogens is 4. The molecule has 0 aliphatic heterocycles. The van der Waals surface area contributed by atoms with Gasteiger partial charge in [-0.1, -0.05) is 0 Å². The minimum absolute atomic E-state index is 0.103. The standard InChI is InChI=1S/C11H13N5O2/c1-7-8(6-14-16(7)2)5-12-10-9(11(17)18)3-4-13-15-10/h3-4,6H,5H2,1-2H3,(H,12,15)(H,17,18). The van der Waals surface area contributed by atoms with Crippen LogP contribution in [0.3, 0.4) is 0 Å². The maximum absolute atomic E-state index is 11.0. The lowest BCUT2D eigenvalue weighted by Crippen LogP contribution is -2.09. The summed E-state index contributed by atoms with van der Waals surface area (Å²) in [6, 6.07) is 1.41. The molecule has 0 spiro atoms. The number of nitrogens with zero attached hydrogens (tertiary/aromatic N) is 4. The maximum atomic E-state index is 11.0. The van der Waals surface area contributed by atoms with Crippen molar-refractivity contribution in [3.05, 3.63) is 35.3 Å². The van der Waals surface area contributed by atoms with Gasteiger partial charge in [-0.3, -0.25) is 4.68 Å². The highest BCUT2D eigenvalue weighted by Crippen LogP contribution is 2.13. The number of hydrogen-bond acceptors (Lipinski definition) is 5. The third-order valence-electron chi connectivity index (χ3n) is 2.73. The molecule has 0 fully saturated rings. The second-order valence-corrected chi connectivity index (χ2v) is 3.83. The van der Waals surface area contributed by atoms with Crippen LogP contribution >= 0.6 is 0 Å². The first-order chi connectivity index (χ1) is 8.59. The molecule has 2 heterocycles. The van der Waals surface area contributed by atoms with E-state index in [9.17, 15) is 4.79 Å². The van der Waals surface area contributed by atoms with Crippen molar-refractivity contribution in [3.63, 3.8) is 0 Å². The first-order valence-electron chi connectivity index (χ1n) is 5.36. The summed E-state index contributed by atoms with van der Waals surface area (Å²) in [7, 11) is 1.85. The van der Waals surface area contributed by atoms with Crippen LogP contribution < -0.4 is 5.32 Å². The van der Waals surface area contributed by atoms with Gasteiger partial charge >= 0.3 is 5.97 Å². The Labute approximate surface area is 103 Å². The van der Waals surface area contributed by atoms with Crippen molar-refractivity contribution in [2.45, 2.75) is 13.5 Å². The van der Waals surface area contributed by atoms with E-state index in [1.807, 2.05) is 14.0 Å². The van der Waals surface area contributed by atoms with Crippen LogP contribution in [0.5, 0.6) is 0 Å². The van der Waals surface area contributed by atoms with Crippen LogP contribution in [0.4, 0.5) is 5.82 Å². The monoisotopic (exact) mass is 247 g/mol. The van der Waals surface area contributed by atoms with Crippen molar-refractivity contribution < 1.29 is 9.90 Å². The van der Waals surface area contributed by atoms with Gasteiger partial charge in [-0.05, 0) is 13.0 Å². The summed E-state index contributed by atoms with van der Waals surface area (Å²) in [4.78, 5) is 11.0. The topological polar surface area (TPSA) is 92.9 Å². The Balaban J connectivity index is 2.16. The second-order valence-electron chi connectivity index (χ2n) is 3.83. The minimum Gasteiger partial charge on any atom is -0.478 e. The number of nitrogens with one attached hydrogen (secondary N) is 1. The third-order valence-corrected chi connectivity index (χ3v) is 2.73. The van der Waals surface area contributed by atoms with Gasteiger partial charge in [0.25, 0.3) is 0 Å². The predicted molar refractivity (Wildman–Crippen MR) is 64.3 cm³/mol. The molecule has 0 saturated carbocycles. The predicted octanol–water partition coefficient (Wildman–Crippen LogP) is 0.829. The fourth-order valence-electron chi connectivity index (χ4n) is 1.53. The SMILES string of the molecule is Cc1c(CNc2nnccc2C(=O)O)cnn1C. The normalized spacial score (nSPS) is 10.3. The van der Waals surface area contributed by atoms with Crippen molar-refractivity contribution in [2.24, 2.45) is 7.05 Å². The fraction of sp³-hybridized carbons (Fsp3) is 0.273. The highest BCUT2D eigenvalue weighted by atomic mass is 16.4. The van der Waals surface area contributed by atoms with Gasteiger partial charge in [0.15, 0.2) is 5.82 Å². The van der Waals surface area contributed by atoms with Gasteiger partial charge in [0.05, 0.1) is 12.4 Å². The zero-order valence-electron chi connectivity index (χ0n) is 10.1. The maximum Gasteiger partial charge on any atom is 0.339 e. The number of aromatic carboxylic acids is 1. The number of carbonyl (C=O) groups is 1. The zero-order chi connectivity index (χ0) is 13.1.